The third kappa shape index (κ3) is 3.06. The molecule has 0 aromatic carbocycles. The molecule has 25 heavy (non-hydrogen) atoms. The average molecular weight is 358 g/mol. The fourth-order valence-electron chi connectivity index (χ4n) is 3.29. The van der Waals surface area contributed by atoms with Gasteiger partial charge in [0.25, 0.3) is 0 Å². The molecule has 0 fully saturated rings. The van der Waals surface area contributed by atoms with Crippen molar-refractivity contribution in [2.75, 3.05) is 16.0 Å². The van der Waals surface area contributed by atoms with Gasteiger partial charge in [-0.1, -0.05) is 20.8 Å². The van der Waals surface area contributed by atoms with Crippen LogP contribution in [-0.4, -0.2) is 26.9 Å². The maximum absolute atomic E-state index is 12.3. The van der Waals surface area contributed by atoms with Crippen LogP contribution in [0.5, 0.6) is 0 Å². The first-order valence-electron chi connectivity index (χ1n) is 8.69. The Morgan fingerprint density at radius 3 is 3.00 bits per heavy atom. The van der Waals surface area contributed by atoms with Gasteiger partial charge >= 0.3 is 0 Å². The molecule has 0 saturated carbocycles. The number of hydrogen-bond acceptors (Lipinski definition) is 7. The van der Waals surface area contributed by atoms with E-state index in [2.05, 4.69) is 32.8 Å². The second kappa shape index (κ2) is 6.25. The molecule has 8 heteroatoms. The molecule has 2 atom stereocenters. The highest BCUT2D eigenvalue weighted by Crippen LogP contribution is 2.37. The first-order valence-corrected chi connectivity index (χ1v) is 9.51. The lowest BCUT2D eigenvalue weighted by Crippen LogP contribution is -2.43. The number of aryl methyl sites for hydroxylation is 1. The molecule has 4 rings (SSSR count). The van der Waals surface area contributed by atoms with E-state index in [0.29, 0.717) is 23.2 Å². The zero-order chi connectivity index (χ0) is 17.6. The Bertz CT molecular complexity index is 817. The highest BCUT2D eigenvalue weighted by Gasteiger charge is 2.31. The Labute approximate surface area is 150 Å². The third-order valence-corrected chi connectivity index (χ3v) is 5.78. The molecule has 132 valence electrons. The normalized spacial score (nSPS) is 22.0. The maximum atomic E-state index is 12.3. The summed E-state index contributed by atoms with van der Waals surface area (Å²) in [6, 6.07) is -0.288. The smallest absolute Gasteiger partial charge is 0.247 e. The van der Waals surface area contributed by atoms with Gasteiger partial charge in [-0.15, -0.1) is 11.3 Å². The van der Waals surface area contributed by atoms with E-state index >= 15 is 0 Å². The van der Waals surface area contributed by atoms with Crippen molar-refractivity contribution in [2.45, 2.75) is 46.1 Å². The SMILES string of the molecule is CC1CCc2nc(Nc3ncnc4c3NC(=O)C(C(C)C)N4)sc2C1. The molecule has 1 aliphatic carbocycles. The number of carbonyl (C=O) groups excluding carboxylic acids is 1. The summed E-state index contributed by atoms with van der Waals surface area (Å²) in [6.07, 6.45) is 4.81. The Hall–Kier alpha value is -2.22. The van der Waals surface area contributed by atoms with Gasteiger partial charge in [-0.3, -0.25) is 4.79 Å². The largest absolute Gasteiger partial charge is 0.356 e. The average Bonchev–Trinajstić information content (AvgIpc) is 2.96. The molecule has 2 unspecified atom stereocenters. The number of anilines is 4. The topological polar surface area (TPSA) is 91.8 Å². The molecule has 1 aliphatic heterocycles. The molecular weight excluding hydrogens is 336 g/mol. The van der Waals surface area contributed by atoms with Crippen LogP contribution in [0.1, 0.15) is 37.8 Å². The van der Waals surface area contributed by atoms with E-state index in [1.54, 1.807) is 11.3 Å². The van der Waals surface area contributed by atoms with Crippen LogP contribution >= 0.6 is 11.3 Å². The lowest BCUT2D eigenvalue weighted by atomic mass is 9.93. The highest BCUT2D eigenvalue weighted by molar-refractivity contribution is 7.15. The van der Waals surface area contributed by atoms with Crippen LogP contribution in [0.25, 0.3) is 0 Å². The molecule has 2 aliphatic rings. The number of amides is 1. The quantitative estimate of drug-likeness (QED) is 0.780. The number of aromatic nitrogens is 3. The van der Waals surface area contributed by atoms with E-state index in [4.69, 9.17) is 4.98 Å². The number of rotatable bonds is 3. The molecule has 7 nitrogen and oxygen atoms in total. The minimum absolute atomic E-state index is 0.0624. The van der Waals surface area contributed by atoms with Crippen molar-refractivity contribution in [3.63, 3.8) is 0 Å². The van der Waals surface area contributed by atoms with Crippen LogP contribution in [0.3, 0.4) is 0 Å². The summed E-state index contributed by atoms with van der Waals surface area (Å²) in [7, 11) is 0. The summed E-state index contributed by atoms with van der Waals surface area (Å²) < 4.78 is 0. The fraction of sp³-hybridized carbons (Fsp3) is 0.529. The molecule has 0 bridgehead atoms. The number of thiazole rings is 1. The van der Waals surface area contributed by atoms with Crippen LogP contribution in [0.15, 0.2) is 6.33 Å². The van der Waals surface area contributed by atoms with E-state index < -0.39 is 0 Å². The van der Waals surface area contributed by atoms with Crippen molar-refractivity contribution < 1.29 is 4.79 Å². The van der Waals surface area contributed by atoms with Gasteiger partial charge in [0, 0.05) is 4.88 Å². The Kier molecular flexibility index (Phi) is 4.07. The maximum Gasteiger partial charge on any atom is 0.247 e. The molecule has 1 amide bonds. The molecular formula is C17H22N6OS. The first kappa shape index (κ1) is 16.3. The van der Waals surface area contributed by atoms with Gasteiger partial charge < -0.3 is 16.0 Å². The summed E-state index contributed by atoms with van der Waals surface area (Å²) in [4.78, 5) is 27.0. The van der Waals surface area contributed by atoms with Crippen LogP contribution < -0.4 is 16.0 Å². The van der Waals surface area contributed by atoms with Crippen molar-refractivity contribution in [1.82, 2.24) is 15.0 Å². The van der Waals surface area contributed by atoms with Crippen molar-refractivity contribution in [3.05, 3.63) is 16.9 Å². The van der Waals surface area contributed by atoms with E-state index in [9.17, 15) is 4.79 Å². The van der Waals surface area contributed by atoms with Gasteiger partial charge in [0.1, 0.15) is 18.1 Å². The molecule has 0 saturated heterocycles. The van der Waals surface area contributed by atoms with Gasteiger partial charge in [0.05, 0.1) is 5.69 Å². The lowest BCUT2D eigenvalue weighted by Gasteiger charge is -2.29. The van der Waals surface area contributed by atoms with Crippen LogP contribution in [-0.2, 0) is 17.6 Å². The van der Waals surface area contributed by atoms with E-state index in [0.717, 1.165) is 18.0 Å². The van der Waals surface area contributed by atoms with Crippen molar-refractivity contribution >= 4 is 39.7 Å². The number of nitrogens with zero attached hydrogens (tertiary/aromatic N) is 3. The summed E-state index contributed by atoms with van der Waals surface area (Å²) in [5, 5.41) is 10.2. The predicted octanol–water partition coefficient (Wildman–Crippen LogP) is 3.19. The third-order valence-electron chi connectivity index (χ3n) is 4.75. The monoisotopic (exact) mass is 358 g/mol. The minimum atomic E-state index is -0.288. The zero-order valence-corrected chi connectivity index (χ0v) is 15.4. The van der Waals surface area contributed by atoms with Gasteiger partial charge in [-0.2, -0.15) is 0 Å². The number of hydrogen-bond donors (Lipinski definition) is 3. The van der Waals surface area contributed by atoms with Crippen molar-refractivity contribution in [2.24, 2.45) is 11.8 Å². The number of carbonyl (C=O) groups is 1. The Morgan fingerprint density at radius 1 is 1.36 bits per heavy atom. The van der Waals surface area contributed by atoms with Gasteiger partial charge in [-0.25, -0.2) is 15.0 Å². The fourth-order valence-corrected chi connectivity index (χ4v) is 4.46. The van der Waals surface area contributed by atoms with Crippen molar-refractivity contribution in [3.8, 4) is 0 Å². The van der Waals surface area contributed by atoms with E-state index in [1.165, 1.54) is 23.3 Å². The van der Waals surface area contributed by atoms with Crippen LogP contribution in [0.2, 0.25) is 0 Å². The van der Waals surface area contributed by atoms with Crippen molar-refractivity contribution in [1.29, 1.82) is 0 Å². The van der Waals surface area contributed by atoms with Gasteiger partial charge in [0.15, 0.2) is 16.8 Å². The Balaban J connectivity index is 1.61. The van der Waals surface area contributed by atoms with Crippen LogP contribution in [0, 0.1) is 11.8 Å². The first-order chi connectivity index (χ1) is 12.0. The molecule has 3 heterocycles. The van der Waals surface area contributed by atoms with E-state index in [1.807, 2.05) is 13.8 Å². The zero-order valence-electron chi connectivity index (χ0n) is 14.6. The summed E-state index contributed by atoms with van der Waals surface area (Å²) in [6.45, 7) is 6.29. The van der Waals surface area contributed by atoms with Gasteiger partial charge in [0.2, 0.25) is 5.91 Å². The molecule has 2 aromatic rings. The highest BCUT2D eigenvalue weighted by atomic mass is 32.1. The molecule has 0 spiro atoms. The molecule has 2 aromatic heterocycles. The second-order valence-electron chi connectivity index (χ2n) is 7.16. The second-order valence-corrected chi connectivity index (χ2v) is 8.25. The molecule has 0 radical (unpaired) electrons. The van der Waals surface area contributed by atoms with E-state index in [-0.39, 0.29) is 17.9 Å². The van der Waals surface area contributed by atoms with Crippen LogP contribution in [0.4, 0.5) is 22.5 Å². The summed E-state index contributed by atoms with van der Waals surface area (Å²) in [5.41, 5.74) is 1.78. The number of fused-ring (bicyclic) bond motifs is 2. The summed E-state index contributed by atoms with van der Waals surface area (Å²) >= 11 is 1.68. The van der Waals surface area contributed by atoms with Gasteiger partial charge in [-0.05, 0) is 31.1 Å². The summed E-state index contributed by atoms with van der Waals surface area (Å²) in [5.74, 6) is 2.04. The predicted molar refractivity (Wildman–Crippen MR) is 99.5 cm³/mol. The lowest BCUT2D eigenvalue weighted by molar-refractivity contribution is -0.117. The number of nitrogens with one attached hydrogen (secondary N) is 3. The molecule has 3 N–H and O–H groups in total. The minimum Gasteiger partial charge on any atom is -0.356 e. The standard InChI is InChI=1S/C17H22N6OS/c1-8(2)12-16(24)22-13-14(21-12)18-7-19-15(13)23-17-20-10-5-4-9(3)6-11(10)25-17/h7-9,12H,4-6H2,1-3H3,(H,22,24)(H2,18,19,20,21,23). The Morgan fingerprint density at radius 2 is 2.20 bits per heavy atom.